The molecule has 0 unspecified atom stereocenters. The van der Waals surface area contributed by atoms with E-state index in [0.717, 1.165) is 13.1 Å². The summed E-state index contributed by atoms with van der Waals surface area (Å²) < 4.78 is 0. The number of unbranched alkanes of at least 4 members (excludes halogenated alkanes) is 2. The van der Waals surface area contributed by atoms with Crippen molar-refractivity contribution in [2.75, 3.05) is 27.2 Å². The molecule has 4 radical (unpaired) electrons. The normalized spacial score (nSPS) is 15.7. The Morgan fingerprint density at radius 1 is 0.783 bits per heavy atom. The van der Waals surface area contributed by atoms with Gasteiger partial charge in [0, 0.05) is 52.0 Å². The Morgan fingerprint density at radius 2 is 1.13 bits per heavy atom. The second-order valence-electron chi connectivity index (χ2n) is 5.16. The molecule has 0 N–H and O–H groups in total. The van der Waals surface area contributed by atoms with Gasteiger partial charge in [0.15, 0.2) is 0 Å². The van der Waals surface area contributed by atoms with Gasteiger partial charge in [0.25, 0.3) is 0 Å². The molecule has 2 aliphatic heterocycles. The summed E-state index contributed by atoms with van der Waals surface area (Å²) >= 11 is 6.80. The number of halogens is 2. The van der Waals surface area contributed by atoms with Gasteiger partial charge in [-0.2, -0.15) is 0 Å². The van der Waals surface area contributed by atoms with Crippen LogP contribution in [0.25, 0.3) is 0 Å². The number of hydrogen-bond acceptors (Lipinski definition) is 4. The van der Waals surface area contributed by atoms with Gasteiger partial charge in [-0.05, 0) is 12.8 Å². The van der Waals surface area contributed by atoms with Crippen LogP contribution in [0.2, 0.25) is 0 Å². The SMILES string of the molecule is CCCCN1[C]N(C)C=C1.CCCCN1[C]N(C)C=C1.[Br][Pd][Br]. The van der Waals surface area contributed by atoms with Crippen LogP contribution in [0.4, 0.5) is 0 Å². The van der Waals surface area contributed by atoms with Gasteiger partial charge in [-0.25, -0.2) is 0 Å². The standard InChI is InChI=1S/2C8H14N2.2BrH.Pd/c2*1-3-4-5-10-7-6-9(2)8-10;;;/h2*6-7H,3-5H2,1-2H3;2*1H;/q;;;;+2/p-2. The Bertz CT molecular complexity index is 299. The molecule has 0 saturated carbocycles. The molecule has 0 aromatic heterocycles. The van der Waals surface area contributed by atoms with E-state index < -0.39 is 0 Å². The van der Waals surface area contributed by atoms with Gasteiger partial charge >= 0.3 is 40.8 Å². The van der Waals surface area contributed by atoms with Crippen LogP contribution in [0.1, 0.15) is 39.5 Å². The predicted octanol–water partition coefficient (Wildman–Crippen LogP) is 4.69. The Balaban J connectivity index is 0.000000360. The van der Waals surface area contributed by atoms with E-state index in [-0.39, 0.29) is 0 Å². The van der Waals surface area contributed by atoms with Crippen molar-refractivity contribution in [1.82, 2.24) is 19.6 Å². The maximum atomic E-state index is 3.14. The van der Waals surface area contributed by atoms with Gasteiger partial charge in [0.1, 0.15) is 0 Å². The van der Waals surface area contributed by atoms with Crippen molar-refractivity contribution < 1.29 is 13.9 Å². The summed E-state index contributed by atoms with van der Waals surface area (Å²) in [6, 6.07) is 0. The Kier molecular flexibility index (Phi) is 16.0. The molecule has 2 heterocycles. The molecule has 0 aromatic rings. The third-order valence-electron chi connectivity index (χ3n) is 3.02. The summed E-state index contributed by atoms with van der Waals surface area (Å²) in [7, 11) is 3.98. The van der Waals surface area contributed by atoms with Crippen LogP contribution in [0.15, 0.2) is 24.8 Å². The van der Waals surface area contributed by atoms with E-state index in [1.807, 2.05) is 36.3 Å². The predicted molar refractivity (Wildman–Crippen MR) is 101 cm³/mol. The quantitative estimate of drug-likeness (QED) is 0.452. The van der Waals surface area contributed by atoms with Crippen molar-refractivity contribution in [1.29, 1.82) is 0 Å². The Labute approximate surface area is 164 Å². The van der Waals surface area contributed by atoms with Crippen LogP contribution >= 0.6 is 26.9 Å². The van der Waals surface area contributed by atoms with Crippen LogP contribution in [-0.2, 0) is 13.9 Å². The second-order valence-corrected chi connectivity index (χ2v) is 12.3. The van der Waals surface area contributed by atoms with Crippen molar-refractivity contribution in [3.63, 3.8) is 0 Å². The summed E-state index contributed by atoms with van der Waals surface area (Å²) in [5.74, 6) is 0. The van der Waals surface area contributed by atoms with Crippen molar-refractivity contribution in [2.45, 2.75) is 39.5 Å². The van der Waals surface area contributed by atoms with E-state index in [9.17, 15) is 0 Å². The number of hydrogen-bond donors (Lipinski definition) is 0. The summed E-state index contributed by atoms with van der Waals surface area (Å²) in [6.45, 7) is 12.9. The fourth-order valence-electron chi connectivity index (χ4n) is 1.81. The van der Waals surface area contributed by atoms with Gasteiger partial charge in [-0.3, -0.25) is 0 Å². The first-order valence-electron chi connectivity index (χ1n) is 7.77. The van der Waals surface area contributed by atoms with Crippen LogP contribution in [0.3, 0.4) is 0 Å². The van der Waals surface area contributed by atoms with Crippen LogP contribution < -0.4 is 0 Å². The Morgan fingerprint density at radius 3 is 1.35 bits per heavy atom. The summed E-state index contributed by atoms with van der Waals surface area (Å²) in [6.07, 6.45) is 13.1. The second kappa shape index (κ2) is 15.8. The van der Waals surface area contributed by atoms with Crippen molar-refractivity contribution in [3.05, 3.63) is 38.1 Å². The van der Waals surface area contributed by atoms with E-state index in [1.54, 1.807) is 0 Å². The molecule has 2 aliphatic rings. The van der Waals surface area contributed by atoms with E-state index in [2.05, 4.69) is 76.2 Å². The van der Waals surface area contributed by atoms with Gasteiger partial charge in [0.2, 0.25) is 13.3 Å². The van der Waals surface area contributed by atoms with Gasteiger partial charge in [-0.15, -0.1) is 0 Å². The molecule has 2 rings (SSSR count). The van der Waals surface area contributed by atoms with Crippen molar-refractivity contribution in [3.8, 4) is 0 Å². The molecule has 4 nitrogen and oxygen atoms in total. The van der Waals surface area contributed by atoms with E-state index in [4.69, 9.17) is 0 Å². The van der Waals surface area contributed by atoms with Crippen molar-refractivity contribution in [2.24, 2.45) is 0 Å². The molecule has 136 valence electrons. The molecule has 0 amide bonds. The van der Waals surface area contributed by atoms with Crippen LogP contribution in [0.5, 0.6) is 0 Å². The number of nitrogens with zero attached hydrogens (tertiary/aromatic N) is 4. The third kappa shape index (κ3) is 13.3. The fourth-order valence-corrected chi connectivity index (χ4v) is 1.81. The molecule has 0 saturated heterocycles. The third-order valence-corrected chi connectivity index (χ3v) is 3.02. The molecule has 0 aliphatic carbocycles. The molecule has 0 aromatic carbocycles. The summed E-state index contributed by atoms with van der Waals surface area (Å²) in [5, 5.41) is 0. The Hall–Kier alpha value is 0.302. The molecule has 0 bridgehead atoms. The molecule has 0 spiro atoms. The molecular weight excluding hydrogens is 514 g/mol. The topological polar surface area (TPSA) is 13.0 Å². The minimum absolute atomic E-state index is 0.575. The molecule has 0 fully saturated rings. The molecule has 0 atom stereocenters. The molecule has 7 heteroatoms. The number of rotatable bonds is 6. The van der Waals surface area contributed by atoms with E-state index >= 15 is 0 Å². The average Bonchev–Trinajstić information content (AvgIpc) is 3.13. The maximum absolute atomic E-state index is 3.14. The van der Waals surface area contributed by atoms with Gasteiger partial charge in [-0.1, -0.05) is 26.7 Å². The van der Waals surface area contributed by atoms with Gasteiger partial charge < -0.3 is 19.6 Å². The summed E-state index contributed by atoms with van der Waals surface area (Å²) in [4.78, 5) is 8.05. The first kappa shape index (κ1) is 23.3. The van der Waals surface area contributed by atoms with E-state index in [0.29, 0.717) is 13.9 Å². The zero-order valence-corrected chi connectivity index (χ0v) is 19.1. The van der Waals surface area contributed by atoms with Gasteiger partial charge in [0.05, 0.1) is 0 Å². The zero-order valence-electron chi connectivity index (χ0n) is 14.4. The molecular formula is C16H28Br2N4Pd. The minimum atomic E-state index is 0.575. The van der Waals surface area contributed by atoms with Crippen molar-refractivity contribution >= 4 is 26.9 Å². The monoisotopic (exact) mass is 540 g/mol. The first-order valence-corrected chi connectivity index (χ1v) is 14.9. The first-order chi connectivity index (χ1) is 11.1. The fraction of sp³-hybridized carbons (Fsp3) is 0.625. The zero-order chi connectivity index (χ0) is 17.5. The van der Waals surface area contributed by atoms with E-state index in [1.165, 1.54) is 25.7 Å². The molecule has 23 heavy (non-hydrogen) atoms. The summed E-state index contributed by atoms with van der Waals surface area (Å²) in [5.41, 5.74) is 0. The van der Waals surface area contributed by atoms with Crippen LogP contribution in [0, 0.1) is 13.3 Å². The average molecular weight is 543 g/mol. The van der Waals surface area contributed by atoms with Crippen LogP contribution in [-0.4, -0.2) is 46.8 Å².